The Morgan fingerprint density at radius 3 is 3.00 bits per heavy atom. The molecule has 2 aliphatic heterocycles. The normalized spacial score (nSPS) is 21.9. The fourth-order valence-corrected chi connectivity index (χ4v) is 3.36. The molecule has 2 heterocycles. The van der Waals surface area contributed by atoms with Gasteiger partial charge in [0.2, 0.25) is 5.91 Å². The van der Waals surface area contributed by atoms with Gasteiger partial charge in [0, 0.05) is 24.7 Å². The lowest BCUT2D eigenvalue weighted by Gasteiger charge is -2.33. The maximum Gasteiger partial charge on any atom is 0.227 e. The van der Waals surface area contributed by atoms with Crippen LogP contribution >= 0.6 is 24.0 Å². The molecule has 0 spiro atoms. The Morgan fingerprint density at radius 2 is 2.25 bits per heavy atom. The summed E-state index contributed by atoms with van der Waals surface area (Å²) in [6, 6.07) is 5.99. The number of carbonyl (C=O) groups excluding carboxylic acids is 1. The van der Waals surface area contributed by atoms with Gasteiger partial charge in [-0.2, -0.15) is 0 Å². The molecule has 1 unspecified atom stereocenters. The van der Waals surface area contributed by atoms with E-state index in [0.29, 0.717) is 12.5 Å². The smallest absolute Gasteiger partial charge is 0.227 e. The number of benzene rings is 1. The number of nitrogens with zero attached hydrogens (tertiary/aromatic N) is 1. The Morgan fingerprint density at radius 1 is 1.40 bits per heavy atom. The van der Waals surface area contributed by atoms with Crippen molar-refractivity contribution in [1.29, 1.82) is 0 Å². The molecule has 110 valence electrons. The molecule has 1 atom stereocenters. The van der Waals surface area contributed by atoms with Crippen LogP contribution in [0, 0.1) is 5.92 Å². The third-order valence-corrected chi connectivity index (χ3v) is 4.52. The van der Waals surface area contributed by atoms with Crippen molar-refractivity contribution in [2.24, 2.45) is 5.92 Å². The average molecular weight is 315 g/mol. The monoisotopic (exact) mass is 314 g/mol. The zero-order chi connectivity index (χ0) is 13.2. The molecule has 1 N–H and O–H groups in total. The highest BCUT2D eigenvalue weighted by molar-refractivity contribution is 6.31. The highest BCUT2D eigenvalue weighted by Gasteiger charge is 2.28. The van der Waals surface area contributed by atoms with E-state index in [9.17, 15) is 4.79 Å². The van der Waals surface area contributed by atoms with Gasteiger partial charge in [-0.1, -0.05) is 23.7 Å². The van der Waals surface area contributed by atoms with Gasteiger partial charge in [0.1, 0.15) is 0 Å². The number of fused-ring (bicyclic) bond motifs is 1. The molecule has 1 aromatic rings. The third kappa shape index (κ3) is 3.11. The van der Waals surface area contributed by atoms with Crippen molar-refractivity contribution in [1.82, 2.24) is 10.2 Å². The Balaban J connectivity index is 0.00000147. The number of rotatable bonds is 1. The van der Waals surface area contributed by atoms with Gasteiger partial charge in [-0.15, -0.1) is 12.4 Å². The summed E-state index contributed by atoms with van der Waals surface area (Å²) in [5.74, 6) is 0.465. The summed E-state index contributed by atoms with van der Waals surface area (Å²) in [7, 11) is 0. The van der Waals surface area contributed by atoms with Gasteiger partial charge >= 0.3 is 0 Å². The van der Waals surface area contributed by atoms with Gasteiger partial charge in [-0.05, 0) is 43.0 Å². The molecule has 2 aliphatic rings. The van der Waals surface area contributed by atoms with Crippen LogP contribution in [0.4, 0.5) is 0 Å². The van der Waals surface area contributed by atoms with Crippen molar-refractivity contribution < 1.29 is 4.79 Å². The standard InChI is InChI=1S/C15H19ClN2O.ClH/c16-14-5-1-3-12-10-18(8-6-13(12)14)15(19)11-4-2-7-17-9-11;/h1,3,5,11,17H,2,4,6-10H2;1H. The van der Waals surface area contributed by atoms with E-state index >= 15 is 0 Å². The number of halogens is 2. The van der Waals surface area contributed by atoms with Crippen LogP contribution in [-0.4, -0.2) is 30.4 Å². The van der Waals surface area contributed by atoms with Crippen LogP contribution in [0.2, 0.25) is 5.02 Å². The molecule has 0 radical (unpaired) electrons. The number of nitrogens with one attached hydrogen (secondary N) is 1. The molecule has 0 saturated carbocycles. The lowest BCUT2D eigenvalue weighted by Crippen LogP contribution is -2.44. The van der Waals surface area contributed by atoms with Gasteiger partial charge in [-0.25, -0.2) is 0 Å². The first kappa shape index (κ1) is 15.6. The molecule has 1 saturated heterocycles. The zero-order valence-electron chi connectivity index (χ0n) is 11.4. The topological polar surface area (TPSA) is 32.3 Å². The van der Waals surface area contributed by atoms with Crippen LogP contribution in [0.3, 0.4) is 0 Å². The van der Waals surface area contributed by atoms with E-state index in [1.54, 1.807) is 0 Å². The van der Waals surface area contributed by atoms with Crippen LogP contribution < -0.4 is 5.32 Å². The second kappa shape index (κ2) is 6.79. The van der Waals surface area contributed by atoms with Crippen LogP contribution in [0.25, 0.3) is 0 Å². The molecule has 1 aromatic carbocycles. The first-order valence-electron chi connectivity index (χ1n) is 7.01. The fourth-order valence-electron chi connectivity index (χ4n) is 3.07. The Bertz CT molecular complexity index is 487. The lowest BCUT2D eigenvalue weighted by molar-refractivity contribution is -0.137. The summed E-state index contributed by atoms with van der Waals surface area (Å²) in [5.41, 5.74) is 2.42. The molecule has 0 bridgehead atoms. The molecule has 1 amide bonds. The van der Waals surface area contributed by atoms with Gasteiger partial charge in [0.15, 0.2) is 0 Å². The van der Waals surface area contributed by atoms with E-state index < -0.39 is 0 Å². The van der Waals surface area contributed by atoms with Crippen molar-refractivity contribution in [3.05, 3.63) is 34.3 Å². The second-order valence-corrected chi connectivity index (χ2v) is 5.84. The van der Waals surface area contributed by atoms with Crippen molar-refractivity contribution in [2.45, 2.75) is 25.8 Å². The molecule has 0 aliphatic carbocycles. The number of carbonyl (C=O) groups is 1. The Labute approximate surface area is 131 Å². The lowest BCUT2D eigenvalue weighted by atomic mass is 9.95. The third-order valence-electron chi connectivity index (χ3n) is 4.17. The van der Waals surface area contributed by atoms with E-state index in [-0.39, 0.29) is 18.3 Å². The minimum Gasteiger partial charge on any atom is -0.338 e. The summed E-state index contributed by atoms with van der Waals surface area (Å²) in [5, 5.41) is 4.15. The molecule has 0 aromatic heterocycles. The van der Waals surface area contributed by atoms with E-state index in [1.165, 1.54) is 11.1 Å². The maximum atomic E-state index is 12.5. The zero-order valence-corrected chi connectivity index (χ0v) is 13.0. The maximum absolute atomic E-state index is 12.5. The first-order chi connectivity index (χ1) is 9.25. The predicted octanol–water partition coefficient (Wildman–Crippen LogP) is 2.65. The fraction of sp³-hybridized carbons (Fsp3) is 0.533. The van der Waals surface area contributed by atoms with Crippen molar-refractivity contribution in [2.75, 3.05) is 19.6 Å². The summed E-state index contributed by atoms with van der Waals surface area (Å²) < 4.78 is 0. The van der Waals surface area contributed by atoms with Crippen LogP contribution in [0.5, 0.6) is 0 Å². The van der Waals surface area contributed by atoms with Crippen LogP contribution in [0.1, 0.15) is 24.0 Å². The highest BCUT2D eigenvalue weighted by atomic mass is 35.5. The van der Waals surface area contributed by atoms with Gasteiger partial charge in [-0.3, -0.25) is 4.79 Å². The highest BCUT2D eigenvalue weighted by Crippen LogP contribution is 2.27. The van der Waals surface area contributed by atoms with Gasteiger partial charge in [0.05, 0.1) is 5.92 Å². The molecule has 1 fully saturated rings. The van der Waals surface area contributed by atoms with Gasteiger partial charge in [0.25, 0.3) is 0 Å². The largest absolute Gasteiger partial charge is 0.338 e. The van der Waals surface area contributed by atoms with Crippen LogP contribution in [-0.2, 0) is 17.8 Å². The van der Waals surface area contributed by atoms with Gasteiger partial charge < -0.3 is 10.2 Å². The molecule has 5 heteroatoms. The minimum atomic E-state index is 0. The summed E-state index contributed by atoms with van der Waals surface area (Å²) in [4.78, 5) is 14.5. The van der Waals surface area contributed by atoms with Crippen molar-refractivity contribution >= 4 is 29.9 Å². The summed E-state index contributed by atoms with van der Waals surface area (Å²) >= 11 is 6.20. The molecular weight excluding hydrogens is 295 g/mol. The predicted molar refractivity (Wildman–Crippen MR) is 83.4 cm³/mol. The number of hydrogen-bond acceptors (Lipinski definition) is 2. The summed E-state index contributed by atoms with van der Waals surface area (Å²) in [6.07, 6.45) is 3.00. The SMILES string of the molecule is Cl.O=C(C1CCCNC1)N1CCc2c(Cl)cccc2C1. The van der Waals surface area contributed by atoms with Crippen molar-refractivity contribution in [3.63, 3.8) is 0 Å². The Hall–Kier alpha value is -0.770. The second-order valence-electron chi connectivity index (χ2n) is 5.43. The van der Waals surface area contributed by atoms with E-state index in [2.05, 4.69) is 11.4 Å². The number of amides is 1. The number of piperidine rings is 1. The Kier molecular flexibility index (Phi) is 5.30. The first-order valence-corrected chi connectivity index (χ1v) is 7.39. The quantitative estimate of drug-likeness (QED) is 0.864. The van der Waals surface area contributed by atoms with E-state index in [0.717, 1.165) is 43.9 Å². The molecule has 20 heavy (non-hydrogen) atoms. The minimum absolute atomic E-state index is 0. The summed E-state index contributed by atoms with van der Waals surface area (Å²) in [6.45, 7) is 3.39. The molecular formula is C15H20Cl2N2O. The van der Waals surface area contributed by atoms with E-state index in [4.69, 9.17) is 11.6 Å². The van der Waals surface area contributed by atoms with Crippen LogP contribution in [0.15, 0.2) is 18.2 Å². The molecule has 3 rings (SSSR count). The average Bonchev–Trinajstić information content (AvgIpc) is 2.47. The van der Waals surface area contributed by atoms with Crippen molar-refractivity contribution in [3.8, 4) is 0 Å². The molecule has 3 nitrogen and oxygen atoms in total. The number of hydrogen-bond donors (Lipinski definition) is 1. The van der Waals surface area contributed by atoms with E-state index in [1.807, 2.05) is 17.0 Å².